The van der Waals surface area contributed by atoms with Crippen molar-refractivity contribution in [1.29, 1.82) is 0 Å². The van der Waals surface area contributed by atoms with Crippen LogP contribution in [0.4, 0.5) is 5.69 Å². The molecule has 0 fully saturated rings. The molecule has 0 aliphatic carbocycles. The number of hydrogen-bond acceptors (Lipinski definition) is 3. The summed E-state index contributed by atoms with van der Waals surface area (Å²) in [5.41, 5.74) is 6.88. The van der Waals surface area contributed by atoms with Gasteiger partial charge in [-0.3, -0.25) is 4.72 Å². The van der Waals surface area contributed by atoms with Gasteiger partial charge >= 0.3 is 5.97 Å². The van der Waals surface area contributed by atoms with Gasteiger partial charge in [0.25, 0.3) is 10.0 Å². The number of aryl methyl sites for hydroxylation is 2. The van der Waals surface area contributed by atoms with E-state index in [1.807, 2.05) is 52.8 Å². The Morgan fingerprint density at radius 3 is 1.81 bits per heavy atom. The first-order chi connectivity index (χ1) is 15.0. The summed E-state index contributed by atoms with van der Waals surface area (Å²) in [6.07, 6.45) is 0.995. The number of sulfonamides is 1. The monoisotopic (exact) mass is 451 g/mol. The molecular formula is C26H29NO4S. The summed E-state index contributed by atoms with van der Waals surface area (Å²) >= 11 is 0. The van der Waals surface area contributed by atoms with Crippen LogP contribution in [0, 0.1) is 34.6 Å². The molecule has 0 aliphatic rings. The van der Waals surface area contributed by atoms with E-state index in [9.17, 15) is 18.3 Å². The first kappa shape index (κ1) is 23.5. The molecule has 0 radical (unpaired) electrons. The van der Waals surface area contributed by atoms with Gasteiger partial charge in [-0.2, -0.15) is 0 Å². The van der Waals surface area contributed by atoms with Crippen LogP contribution in [0.2, 0.25) is 0 Å². The Hall–Kier alpha value is -3.12. The average molecular weight is 452 g/mol. The molecule has 0 spiro atoms. The molecule has 0 aliphatic heterocycles. The van der Waals surface area contributed by atoms with Gasteiger partial charge in [0.2, 0.25) is 0 Å². The Balaban J connectivity index is 1.95. The maximum atomic E-state index is 13.4. The van der Waals surface area contributed by atoms with Crippen molar-refractivity contribution < 1.29 is 18.3 Å². The van der Waals surface area contributed by atoms with Crippen LogP contribution in [-0.4, -0.2) is 19.5 Å². The van der Waals surface area contributed by atoms with Gasteiger partial charge in [0, 0.05) is 0 Å². The fourth-order valence-electron chi connectivity index (χ4n) is 4.12. The molecule has 5 nitrogen and oxygen atoms in total. The molecule has 3 rings (SSSR count). The molecule has 0 aromatic heterocycles. The van der Waals surface area contributed by atoms with Crippen molar-refractivity contribution in [2.24, 2.45) is 0 Å². The molecule has 0 amide bonds. The Morgan fingerprint density at radius 2 is 1.22 bits per heavy atom. The van der Waals surface area contributed by atoms with E-state index in [2.05, 4.69) is 4.72 Å². The summed E-state index contributed by atoms with van der Waals surface area (Å²) in [5, 5.41) is 9.42. The van der Waals surface area contributed by atoms with Crippen LogP contribution < -0.4 is 4.72 Å². The molecule has 3 aromatic rings. The van der Waals surface area contributed by atoms with Crippen molar-refractivity contribution in [3.8, 4) is 0 Å². The molecule has 2 N–H and O–H groups in total. The lowest BCUT2D eigenvalue weighted by Gasteiger charge is -2.20. The number of aromatic carboxylic acids is 1. The lowest BCUT2D eigenvalue weighted by molar-refractivity contribution is 0.0695. The Labute approximate surface area is 190 Å². The molecule has 3 aromatic carbocycles. The molecule has 0 heterocycles. The molecule has 0 saturated heterocycles. The van der Waals surface area contributed by atoms with Crippen LogP contribution in [0.3, 0.4) is 0 Å². The predicted molar refractivity (Wildman–Crippen MR) is 128 cm³/mol. The van der Waals surface area contributed by atoms with Crippen molar-refractivity contribution in [2.45, 2.75) is 52.4 Å². The standard InChI is InChI=1S/C26H29NO4S/c1-16-17(2)19(4)25(20(5)18(16)3)32(30,31)27-24-13-9-7-11-22(24)15-14-21-10-6-8-12-23(21)26(28)29/h6-13,27H,14-15H2,1-5H3,(H,28,29). The molecule has 6 heteroatoms. The van der Waals surface area contributed by atoms with E-state index in [1.54, 1.807) is 30.3 Å². The van der Waals surface area contributed by atoms with Gasteiger partial charge in [0.15, 0.2) is 0 Å². The van der Waals surface area contributed by atoms with E-state index in [0.29, 0.717) is 29.0 Å². The Bertz CT molecular complexity index is 1260. The SMILES string of the molecule is Cc1c(C)c(C)c(S(=O)(=O)Nc2ccccc2CCc2ccccc2C(=O)O)c(C)c1C. The third-order valence-electron chi connectivity index (χ3n) is 6.37. The minimum absolute atomic E-state index is 0.266. The summed E-state index contributed by atoms with van der Waals surface area (Å²) in [5.74, 6) is -0.967. The van der Waals surface area contributed by atoms with E-state index in [0.717, 1.165) is 33.4 Å². The number of rotatable bonds is 7. The number of carbonyl (C=O) groups is 1. The van der Waals surface area contributed by atoms with Crippen molar-refractivity contribution >= 4 is 21.7 Å². The highest BCUT2D eigenvalue weighted by molar-refractivity contribution is 7.92. The molecule has 0 saturated carbocycles. The van der Waals surface area contributed by atoms with Crippen molar-refractivity contribution in [3.05, 3.63) is 93.0 Å². The quantitative estimate of drug-likeness (QED) is 0.496. The highest BCUT2D eigenvalue weighted by Gasteiger charge is 2.24. The summed E-state index contributed by atoms with van der Waals surface area (Å²) in [6, 6.07) is 14.1. The van der Waals surface area contributed by atoms with Gasteiger partial charge in [-0.1, -0.05) is 36.4 Å². The minimum atomic E-state index is -3.81. The van der Waals surface area contributed by atoms with E-state index in [1.165, 1.54) is 0 Å². The predicted octanol–water partition coefficient (Wildman–Crippen LogP) is 5.51. The highest BCUT2D eigenvalue weighted by Crippen LogP contribution is 2.31. The number of anilines is 1. The van der Waals surface area contributed by atoms with Crippen molar-refractivity contribution in [3.63, 3.8) is 0 Å². The highest BCUT2D eigenvalue weighted by atomic mass is 32.2. The fraction of sp³-hybridized carbons (Fsp3) is 0.269. The maximum Gasteiger partial charge on any atom is 0.335 e. The summed E-state index contributed by atoms with van der Waals surface area (Å²) in [6.45, 7) is 9.60. The number of carboxylic acid groups (broad SMARTS) is 1. The smallest absolute Gasteiger partial charge is 0.335 e. The first-order valence-corrected chi connectivity index (χ1v) is 12.0. The lowest BCUT2D eigenvalue weighted by atomic mass is 9.95. The van der Waals surface area contributed by atoms with Gasteiger partial charge in [0.1, 0.15) is 0 Å². The summed E-state index contributed by atoms with van der Waals surface area (Å²) in [4.78, 5) is 11.8. The normalized spacial score (nSPS) is 11.4. The second-order valence-corrected chi connectivity index (χ2v) is 9.80. The molecule has 0 bridgehead atoms. The van der Waals surface area contributed by atoms with E-state index in [4.69, 9.17) is 0 Å². The molecule has 32 heavy (non-hydrogen) atoms. The number of para-hydroxylation sites is 1. The summed E-state index contributed by atoms with van der Waals surface area (Å²) in [7, 11) is -3.81. The van der Waals surface area contributed by atoms with Gasteiger partial charge < -0.3 is 5.11 Å². The number of carboxylic acids is 1. The number of hydrogen-bond donors (Lipinski definition) is 2. The van der Waals surface area contributed by atoms with E-state index in [-0.39, 0.29) is 5.56 Å². The molecule has 0 unspecified atom stereocenters. The zero-order valence-corrected chi connectivity index (χ0v) is 19.9. The second-order valence-electron chi connectivity index (χ2n) is 8.18. The first-order valence-electron chi connectivity index (χ1n) is 10.5. The number of benzene rings is 3. The molecule has 168 valence electrons. The van der Waals surface area contributed by atoms with Crippen molar-refractivity contribution in [1.82, 2.24) is 0 Å². The van der Waals surface area contributed by atoms with Gasteiger partial charge in [0.05, 0.1) is 16.1 Å². The van der Waals surface area contributed by atoms with E-state index >= 15 is 0 Å². The second kappa shape index (κ2) is 9.17. The average Bonchev–Trinajstić information content (AvgIpc) is 2.75. The van der Waals surface area contributed by atoms with Gasteiger partial charge in [-0.25, -0.2) is 13.2 Å². The summed E-state index contributed by atoms with van der Waals surface area (Å²) < 4.78 is 29.7. The maximum absolute atomic E-state index is 13.4. The van der Waals surface area contributed by atoms with Crippen LogP contribution in [0.15, 0.2) is 53.4 Å². The van der Waals surface area contributed by atoms with E-state index < -0.39 is 16.0 Å². The zero-order chi connectivity index (χ0) is 23.6. The third-order valence-corrected chi connectivity index (χ3v) is 8.01. The number of nitrogens with one attached hydrogen (secondary N) is 1. The van der Waals surface area contributed by atoms with Crippen LogP contribution in [0.5, 0.6) is 0 Å². The van der Waals surface area contributed by atoms with Gasteiger partial charge in [-0.05, 0) is 98.5 Å². The van der Waals surface area contributed by atoms with Crippen LogP contribution in [-0.2, 0) is 22.9 Å². The largest absolute Gasteiger partial charge is 0.478 e. The molecular weight excluding hydrogens is 422 g/mol. The zero-order valence-electron chi connectivity index (χ0n) is 19.1. The van der Waals surface area contributed by atoms with Crippen LogP contribution in [0.1, 0.15) is 49.3 Å². The van der Waals surface area contributed by atoms with Crippen LogP contribution in [0.25, 0.3) is 0 Å². The topological polar surface area (TPSA) is 83.5 Å². The minimum Gasteiger partial charge on any atom is -0.478 e. The fourth-order valence-corrected chi connectivity index (χ4v) is 5.82. The van der Waals surface area contributed by atoms with Crippen molar-refractivity contribution in [2.75, 3.05) is 4.72 Å². The van der Waals surface area contributed by atoms with Crippen LogP contribution >= 0.6 is 0 Å². The van der Waals surface area contributed by atoms with Gasteiger partial charge in [-0.15, -0.1) is 0 Å². The lowest BCUT2D eigenvalue weighted by Crippen LogP contribution is -2.18. The Morgan fingerprint density at radius 1 is 0.750 bits per heavy atom. The Kier molecular flexibility index (Phi) is 6.74. The molecule has 0 atom stereocenters. The third kappa shape index (κ3) is 4.55.